The van der Waals surface area contributed by atoms with Gasteiger partial charge in [0.15, 0.2) is 12.4 Å². The molecular formula is C21H20ClN3O2. The van der Waals surface area contributed by atoms with E-state index in [4.69, 9.17) is 16.3 Å². The SMILES string of the molecule is CCc1ccccc1NC(=O)COc1cc(C)nc(-c2ccc(Cl)cc2)n1. The summed E-state index contributed by atoms with van der Waals surface area (Å²) in [6.45, 7) is 3.77. The van der Waals surface area contributed by atoms with E-state index >= 15 is 0 Å². The van der Waals surface area contributed by atoms with Crippen molar-refractivity contribution in [1.29, 1.82) is 0 Å². The van der Waals surface area contributed by atoms with E-state index in [2.05, 4.69) is 15.3 Å². The molecule has 3 rings (SSSR count). The predicted octanol–water partition coefficient (Wildman–Crippen LogP) is 4.69. The smallest absolute Gasteiger partial charge is 0.262 e. The Hall–Kier alpha value is -2.92. The molecule has 1 amide bonds. The molecule has 6 heteroatoms. The minimum Gasteiger partial charge on any atom is -0.467 e. The van der Waals surface area contributed by atoms with Crippen molar-refractivity contribution in [2.24, 2.45) is 0 Å². The van der Waals surface area contributed by atoms with E-state index in [1.54, 1.807) is 18.2 Å². The molecular weight excluding hydrogens is 362 g/mol. The summed E-state index contributed by atoms with van der Waals surface area (Å²) in [4.78, 5) is 21.0. The van der Waals surface area contributed by atoms with E-state index in [0.717, 1.165) is 28.9 Å². The maximum Gasteiger partial charge on any atom is 0.262 e. The first kappa shape index (κ1) is 18.9. The number of aryl methyl sites for hydroxylation is 2. The van der Waals surface area contributed by atoms with E-state index in [1.807, 2.05) is 50.2 Å². The van der Waals surface area contributed by atoms with Gasteiger partial charge in [0.25, 0.3) is 5.91 Å². The van der Waals surface area contributed by atoms with Crippen molar-refractivity contribution in [2.75, 3.05) is 11.9 Å². The second kappa shape index (κ2) is 8.64. The number of anilines is 1. The van der Waals surface area contributed by atoms with Gasteiger partial charge in [-0.2, -0.15) is 4.98 Å². The number of benzene rings is 2. The number of nitrogens with one attached hydrogen (secondary N) is 1. The van der Waals surface area contributed by atoms with E-state index in [-0.39, 0.29) is 12.5 Å². The molecule has 138 valence electrons. The van der Waals surface area contributed by atoms with Gasteiger partial charge in [0.05, 0.1) is 0 Å². The van der Waals surface area contributed by atoms with Crippen LogP contribution in [-0.2, 0) is 11.2 Å². The zero-order valence-corrected chi connectivity index (χ0v) is 16.0. The quantitative estimate of drug-likeness (QED) is 0.673. The van der Waals surface area contributed by atoms with Crippen LogP contribution < -0.4 is 10.1 Å². The summed E-state index contributed by atoms with van der Waals surface area (Å²) in [6.07, 6.45) is 0.840. The predicted molar refractivity (Wildman–Crippen MR) is 107 cm³/mol. The lowest BCUT2D eigenvalue weighted by molar-refractivity contribution is -0.118. The number of ether oxygens (including phenoxy) is 1. The fraction of sp³-hybridized carbons (Fsp3) is 0.190. The highest BCUT2D eigenvalue weighted by atomic mass is 35.5. The van der Waals surface area contributed by atoms with Gasteiger partial charge in [-0.05, 0) is 49.2 Å². The van der Waals surface area contributed by atoms with Crippen LogP contribution >= 0.6 is 11.6 Å². The van der Waals surface area contributed by atoms with Crippen LogP contribution in [0.25, 0.3) is 11.4 Å². The molecule has 0 aliphatic rings. The lowest BCUT2D eigenvalue weighted by Crippen LogP contribution is -2.21. The van der Waals surface area contributed by atoms with Gasteiger partial charge < -0.3 is 10.1 Å². The van der Waals surface area contributed by atoms with Crippen LogP contribution in [-0.4, -0.2) is 22.5 Å². The molecule has 5 nitrogen and oxygen atoms in total. The molecule has 0 aliphatic carbocycles. The number of carbonyl (C=O) groups excluding carboxylic acids is 1. The molecule has 0 saturated carbocycles. The van der Waals surface area contributed by atoms with E-state index in [1.165, 1.54) is 0 Å². The van der Waals surface area contributed by atoms with E-state index < -0.39 is 0 Å². The van der Waals surface area contributed by atoms with Gasteiger partial charge in [-0.25, -0.2) is 4.98 Å². The van der Waals surface area contributed by atoms with Crippen molar-refractivity contribution in [1.82, 2.24) is 9.97 Å². The molecule has 1 aromatic heterocycles. The van der Waals surface area contributed by atoms with Crippen molar-refractivity contribution in [3.05, 3.63) is 70.9 Å². The number of rotatable bonds is 6. The minimum atomic E-state index is -0.236. The molecule has 0 atom stereocenters. The van der Waals surface area contributed by atoms with Crippen LogP contribution in [0.4, 0.5) is 5.69 Å². The zero-order valence-electron chi connectivity index (χ0n) is 15.2. The van der Waals surface area contributed by atoms with Crippen molar-refractivity contribution in [2.45, 2.75) is 20.3 Å². The van der Waals surface area contributed by atoms with Gasteiger partial charge in [0.1, 0.15) is 0 Å². The Kier molecular flexibility index (Phi) is 6.04. The average molecular weight is 382 g/mol. The molecule has 1 heterocycles. The third kappa shape index (κ3) is 5.05. The Labute approximate surface area is 163 Å². The highest BCUT2D eigenvalue weighted by Gasteiger charge is 2.10. The van der Waals surface area contributed by atoms with Crippen LogP contribution in [0.3, 0.4) is 0 Å². The van der Waals surface area contributed by atoms with Gasteiger partial charge in [0, 0.05) is 28.0 Å². The Morgan fingerprint density at radius 1 is 1.11 bits per heavy atom. The van der Waals surface area contributed by atoms with Crippen LogP contribution in [0.15, 0.2) is 54.6 Å². The normalized spacial score (nSPS) is 10.5. The number of carbonyl (C=O) groups is 1. The van der Waals surface area contributed by atoms with E-state index in [0.29, 0.717) is 16.7 Å². The molecule has 0 spiro atoms. The second-order valence-electron chi connectivity index (χ2n) is 6.03. The molecule has 0 saturated heterocycles. The first-order valence-corrected chi connectivity index (χ1v) is 9.05. The molecule has 27 heavy (non-hydrogen) atoms. The van der Waals surface area contributed by atoms with E-state index in [9.17, 15) is 4.79 Å². The molecule has 0 bridgehead atoms. The largest absolute Gasteiger partial charge is 0.467 e. The number of nitrogens with zero attached hydrogens (tertiary/aromatic N) is 2. The second-order valence-corrected chi connectivity index (χ2v) is 6.46. The molecule has 1 N–H and O–H groups in total. The maximum atomic E-state index is 12.2. The number of para-hydroxylation sites is 1. The molecule has 2 aromatic carbocycles. The van der Waals surface area contributed by atoms with Crippen LogP contribution in [0.5, 0.6) is 5.88 Å². The first-order valence-electron chi connectivity index (χ1n) is 8.67. The lowest BCUT2D eigenvalue weighted by Gasteiger charge is -2.11. The Morgan fingerprint density at radius 3 is 2.59 bits per heavy atom. The zero-order chi connectivity index (χ0) is 19.2. The third-order valence-electron chi connectivity index (χ3n) is 3.96. The Morgan fingerprint density at radius 2 is 1.85 bits per heavy atom. The summed E-state index contributed by atoms with van der Waals surface area (Å²) in [7, 11) is 0. The van der Waals surface area contributed by atoms with Gasteiger partial charge in [0.2, 0.25) is 5.88 Å². The maximum absolute atomic E-state index is 12.2. The molecule has 0 radical (unpaired) electrons. The number of hydrogen-bond donors (Lipinski definition) is 1. The topological polar surface area (TPSA) is 64.1 Å². The molecule has 0 unspecified atom stereocenters. The third-order valence-corrected chi connectivity index (χ3v) is 4.21. The first-order chi connectivity index (χ1) is 13.0. The number of hydrogen-bond acceptors (Lipinski definition) is 4. The average Bonchev–Trinajstić information content (AvgIpc) is 2.67. The molecule has 3 aromatic rings. The van der Waals surface area contributed by atoms with Gasteiger partial charge in [-0.3, -0.25) is 4.79 Å². The summed E-state index contributed by atoms with van der Waals surface area (Å²) >= 11 is 5.92. The Bertz CT molecular complexity index is 942. The van der Waals surface area contributed by atoms with Crippen molar-refractivity contribution < 1.29 is 9.53 Å². The number of aromatic nitrogens is 2. The highest BCUT2D eigenvalue weighted by Crippen LogP contribution is 2.21. The van der Waals surface area contributed by atoms with Crippen LogP contribution in [0.2, 0.25) is 5.02 Å². The van der Waals surface area contributed by atoms with Crippen molar-refractivity contribution in [3.63, 3.8) is 0 Å². The summed E-state index contributed by atoms with van der Waals surface area (Å²) in [5.74, 6) is 0.644. The van der Waals surface area contributed by atoms with Gasteiger partial charge >= 0.3 is 0 Å². The standard InChI is InChI=1S/C21H20ClN3O2/c1-3-15-6-4-5-7-18(15)24-19(26)13-27-20-12-14(2)23-21(25-20)16-8-10-17(22)11-9-16/h4-12H,3,13H2,1-2H3,(H,24,26). The Balaban J connectivity index is 1.69. The van der Waals surface area contributed by atoms with Crippen LogP contribution in [0.1, 0.15) is 18.2 Å². The monoisotopic (exact) mass is 381 g/mol. The molecule has 0 aliphatic heterocycles. The van der Waals surface area contributed by atoms with Crippen LogP contribution in [0, 0.1) is 6.92 Å². The fourth-order valence-electron chi connectivity index (χ4n) is 2.62. The fourth-order valence-corrected chi connectivity index (χ4v) is 2.74. The van der Waals surface area contributed by atoms with Crippen molar-refractivity contribution >= 4 is 23.2 Å². The van der Waals surface area contributed by atoms with Crippen molar-refractivity contribution in [3.8, 4) is 17.3 Å². The summed E-state index contributed by atoms with van der Waals surface area (Å²) < 4.78 is 5.59. The highest BCUT2D eigenvalue weighted by molar-refractivity contribution is 6.30. The molecule has 0 fully saturated rings. The summed E-state index contributed by atoms with van der Waals surface area (Å²) in [5.41, 5.74) is 3.46. The summed E-state index contributed by atoms with van der Waals surface area (Å²) in [5, 5.41) is 3.52. The number of halogens is 1. The summed E-state index contributed by atoms with van der Waals surface area (Å²) in [6, 6.07) is 16.7. The number of amides is 1. The minimum absolute atomic E-state index is 0.130. The lowest BCUT2D eigenvalue weighted by atomic mass is 10.1. The van der Waals surface area contributed by atoms with Gasteiger partial charge in [-0.1, -0.05) is 36.7 Å². The van der Waals surface area contributed by atoms with Gasteiger partial charge in [-0.15, -0.1) is 0 Å².